The summed E-state index contributed by atoms with van der Waals surface area (Å²) in [6.45, 7) is 1.55. The SMILES string of the molecule is COc1ccc(C(=O)CN(C)CC2CC2)cc1. The minimum atomic E-state index is 0.177. The van der Waals surface area contributed by atoms with Crippen molar-refractivity contribution in [2.24, 2.45) is 5.92 Å². The van der Waals surface area contributed by atoms with Gasteiger partial charge in [-0.15, -0.1) is 0 Å². The summed E-state index contributed by atoms with van der Waals surface area (Å²) in [7, 11) is 3.64. The molecule has 0 saturated heterocycles. The molecule has 0 amide bonds. The molecule has 0 spiro atoms. The van der Waals surface area contributed by atoms with Gasteiger partial charge in [0.1, 0.15) is 5.75 Å². The van der Waals surface area contributed by atoms with Gasteiger partial charge in [0.25, 0.3) is 0 Å². The molecule has 1 aliphatic rings. The van der Waals surface area contributed by atoms with Gasteiger partial charge in [-0.1, -0.05) is 0 Å². The topological polar surface area (TPSA) is 29.5 Å². The van der Waals surface area contributed by atoms with Gasteiger partial charge in [0, 0.05) is 12.1 Å². The van der Waals surface area contributed by atoms with E-state index in [9.17, 15) is 4.79 Å². The lowest BCUT2D eigenvalue weighted by Gasteiger charge is -2.15. The number of carbonyl (C=O) groups excluding carboxylic acids is 1. The van der Waals surface area contributed by atoms with Crippen LogP contribution in [-0.2, 0) is 0 Å². The smallest absolute Gasteiger partial charge is 0.176 e. The van der Waals surface area contributed by atoms with Crippen LogP contribution in [0.4, 0.5) is 0 Å². The Morgan fingerprint density at radius 1 is 1.35 bits per heavy atom. The minimum absolute atomic E-state index is 0.177. The molecular formula is C14H19NO2. The van der Waals surface area contributed by atoms with Gasteiger partial charge in [-0.25, -0.2) is 0 Å². The van der Waals surface area contributed by atoms with Crippen molar-refractivity contribution >= 4 is 5.78 Å². The highest BCUT2D eigenvalue weighted by Crippen LogP contribution is 2.29. The number of carbonyl (C=O) groups is 1. The Morgan fingerprint density at radius 2 is 2.00 bits per heavy atom. The van der Waals surface area contributed by atoms with Gasteiger partial charge in [0.05, 0.1) is 13.7 Å². The summed E-state index contributed by atoms with van der Waals surface area (Å²) < 4.78 is 5.07. The largest absolute Gasteiger partial charge is 0.497 e. The third kappa shape index (κ3) is 3.56. The van der Waals surface area contributed by atoms with Crippen LogP contribution in [0.15, 0.2) is 24.3 Å². The Hall–Kier alpha value is -1.35. The van der Waals surface area contributed by atoms with Crippen molar-refractivity contribution in [1.29, 1.82) is 0 Å². The fourth-order valence-electron chi connectivity index (χ4n) is 1.92. The van der Waals surface area contributed by atoms with Gasteiger partial charge in [-0.05, 0) is 50.1 Å². The molecule has 1 aromatic rings. The normalized spacial score (nSPS) is 15.0. The van der Waals surface area contributed by atoms with Crippen molar-refractivity contribution in [1.82, 2.24) is 4.90 Å². The third-order valence-electron chi connectivity index (χ3n) is 3.09. The highest BCUT2D eigenvalue weighted by Gasteiger charge is 2.23. The molecule has 0 atom stereocenters. The van der Waals surface area contributed by atoms with E-state index in [0.29, 0.717) is 6.54 Å². The maximum absolute atomic E-state index is 12.0. The molecule has 1 aromatic carbocycles. The maximum Gasteiger partial charge on any atom is 0.176 e. The molecule has 0 N–H and O–H groups in total. The Balaban J connectivity index is 1.88. The standard InChI is InChI=1S/C14H19NO2/c1-15(9-11-3-4-11)10-14(16)12-5-7-13(17-2)8-6-12/h5-8,11H,3-4,9-10H2,1-2H3. The summed E-state index contributed by atoms with van der Waals surface area (Å²) >= 11 is 0. The predicted molar refractivity (Wildman–Crippen MR) is 67.5 cm³/mol. The lowest BCUT2D eigenvalue weighted by molar-refractivity contribution is 0.0944. The van der Waals surface area contributed by atoms with Crippen molar-refractivity contribution in [2.45, 2.75) is 12.8 Å². The number of likely N-dealkylation sites (N-methyl/N-ethyl adjacent to an activating group) is 1. The van der Waals surface area contributed by atoms with E-state index in [1.54, 1.807) is 7.11 Å². The Labute approximate surface area is 102 Å². The molecule has 0 aliphatic heterocycles. The van der Waals surface area contributed by atoms with Crippen LogP contribution in [0, 0.1) is 5.92 Å². The van der Waals surface area contributed by atoms with Crippen molar-refractivity contribution in [3.63, 3.8) is 0 Å². The highest BCUT2D eigenvalue weighted by molar-refractivity contribution is 5.97. The van der Waals surface area contributed by atoms with E-state index in [1.807, 2.05) is 31.3 Å². The molecule has 2 rings (SSSR count). The van der Waals surface area contributed by atoms with E-state index in [0.717, 1.165) is 23.8 Å². The second-order valence-corrected chi connectivity index (χ2v) is 4.79. The lowest BCUT2D eigenvalue weighted by Crippen LogP contribution is -2.27. The van der Waals surface area contributed by atoms with Gasteiger partial charge in [0.2, 0.25) is 0 Å². The molecule has 0 aromatic heterocycles. The van der Waals surface area contributed by atoms with E-state index in [1.165, 1.54) is 12.8 Å². The van der Waals surface area contributed by atoms with E-state index in [4.69, 9.17) is 4.74 Å². The fraction of sp³-hybridized carbons (Fsp3) is 0.500. The second kappa shape index (κ2) is 5.32. The molecule has 1 aliphatic carbocycles. The molecule has 0 unspecified atom stereocenters. The number of hydrogen-bond donors (Lipinski definition) is 0. The van der Waals surface area contributed by atoms with Crippen molar-refractivity contribution in [3.8, 4) is 5.75 Å². The number of rotatable bonds is 6. The predicted octanol–water partition coefficient (Wildman–Crippen LogP) is 2.22. The fourth-order valence-corrected chi connectivity index (χ4v) is 1.92. The van der Waals surface area contributed by atoms with Gasteiger partial charge in [-0.2, -0.15) is 0 Å². The average Bonchev–Trinajstić information content (AvgIpc) is 3.12. The van der Waals surface area contributed by atoms with Crippen LogP contribution in [-0.4, -0.2) is 37.9 Å². The molecule has 92 valence electrons. The molecule has 0 radical (unpaired) electrons. The number of benzene rings is 1. The van der Waals surface area contributed by atoms with Gasteiger partial charge >= 0.3 is 0 Å². The summed E-state index contributed by atoms with van der Waals surface area (Å²) in [5.41, 5.74) is 0.758. The number of Topliss-reactive ketones (excluding diaryl/α,β-unsaturated/α-hetero) is 1. The van der Waals surface area contributed by atoms with Crippen LogP contribution in [0.3, 0.4) is 0 Å². The Bertz CT molecular complexity index is 382. The van der Waals surface area contributed by atoms with Crippen LogP contribution in [0.5, 0.6) is 5.75 Å². The quantitative estimate of drug-likeness (QED) is 0.706. The molecule has 1 saturated carbocycles. The van der Waals surface area contributed by atoms with Crippen LogP contribution < -0.4 is 4.74 Å². The highest BCUT2D eigenvalue weighted by atomic mass is 16.5. The summed E-state index contributed by atoms with van der Waals surface area (Å²) in [6.07, 6.45) is 2.64. The molecule has 0 heterocycles. The molecule has 3 nitrogen and oxygen atoms in total. The van der Waals surface area contributed by atoms with Gasteiger partial charge in [-0.3, -0.25) is 9.69 Å². The number of hydrogen-bond acceptors (Lipinski definition) is 3. The number of methoxy groups -OCH3 is 1. The number of ketones is 1. The molecule has 0 bridgehead atoms. The lowest BCUT2D eigenvalue weighted by atomic mass is 10.1. The van der Waals surface area contributed by atoms with E-state index >= 15 is 0 Å². The van der Waals surface area contributed by atoms with Crippen molar-refractivity contribution in [2.75, 3.05) is 27.2 Å². The zero-order chi connectivity index (χ0) is 12.3. The second-order valence-electron chi connectivity index (χ2n) is 4.79. The molecular weight excluding hydrogens is 214 g/mol. The van der Waals surface area contributed by atoms with E-state index in [2.05, 4.69) is 4.90 Å². The molecule has 1 fully saturated rings. The minimum Gasteiger partial charge on any atom is -0.497 e. The number of ether oxygens (including phenoxy) is 1. The Morgan fingerprint density at radius 3 is 2.53 bits per heavy atom. The van der Waals surface area contributed by atoms with Crippen LogP contribution in [0.2, 0.25) is 0 Å². The summed E-state index contributed by atoms with van der Waals surface area (Å²) in [5, 5.41) is 0. The van der Waals surface area contributed by atoms with Crippen molar-refractivity contribution in [3.05, 3.63) is 29.8 Å². The van der Waals surface area contributed by atoms with Crippen molar-refractivity contribution < 1.29 is 9.53 Å². The Kier molecular flexibility index (Phi) is 3.79. The first-order valence-electron chi connectivity index (χ1n) is 6.05. The first kappa shape index (κ1) is 12.1. The zero-order valence-electron chi connectivity index (χ0n) is 10.5. The summed E-state index contributed by atoms with van der Waals surface area (Å²) in [5.74, 6) is 1.78. The van der Waals surface area contributed by atoms with E-state index in [-0.39, 0.29) is 5.78 Å². The van der Waals surface area contributed by atoms with Gasteiger partial charge < -0.3 is 4.74 Å². The zero-order valence-corrected chi connectivity index (χ0v) is 10.5. The molecule has 17 heavy (non-hydrogen) atoms. The maximum atomic E-state index is 12.0. The first-order valence-corrected chi connectivity index (χ1v) is 6.05. The molecule has 3 heteroatoms. The van der Waals surface area contributed by atoms with Gasteiger partial charge in [0.15, 0.2) is 5.78 Å². The summed E-state index contributed by atoms with van der Waals surface area (Å²) in [4.78, 5) is 14.1. The monoisotopic (exact) mass is 233 g/mol. The number of nitrogens with zero attached hydrogens (tertiary/aromatic N) is 1. The third-order valence-corrected chi connectivity index (χ3v) is 3.09. The van der Waals surface area contributed by atoms with E-state index < -0.39 is 0 Å². The summed E-state index contributed by atoms with van der Waals surface area (Å²) in [6, 6.07) is 7.31. The first-order chi connectivity index (χ1) is 8.19. The van der Waals surface area contributed by atoms with Crippen LogP contribution >= 0.6 is 0 Å². The van der Waals surface area contributed by atoms with Crippen LogP contribution in [0.1, 0.15) is 23.2 Å². The van der Waals surface area contributed by atoms with Crippen LogP contribution in [0.25, 0.3) is 0 Å². The average molecular weight is 233 g/mol.